The van der Waals surface area contributed by atoms with Crippen LogP contribution in [0.2, 0.25) is 0 Å². The minimum atomic E-state index is -0.271. The van der Waals surface area contributed by atoms with Crippen molar-refractivity contribution in [1.29, 1.82) is 0 Å². The number of halogens is 1. The Labute approximate surface area is 152 Å². The molecule has 140 valence electrons. The second-order valence-corrected chi connectivity index (χ2v) is 6.77. The first-order valence-electron chi connectivity index (χ1n) is 8.92. The summed E-state index contributed by atoms with van der Waals surface area (Å²) in [5.41, 5.74) is 1.78. The molecule has 1 saturated heterocycles. The predicted molar refractivity (Wildman–Crippen MR) is 95.8 cm³/mol. The Morgan fingerprint density at radius 2 is 1.96 bits per heavy atom. The van der Waals surface area contributed by atoms with Crippen molar-refractivity contribution in [2.24, 2.45) is 0 Å². The highest BCUT2D eigenvalue weighted by atomic mass is 19.1. The van der Waals surface area contributed by atoms with Gasteiger partial charge in [-0.3, -0.25) is 14.6 Å². The first kappa shape index (κ1) is 18.5. The largest absolute Gasteiger partial charge is 0.360 e. The number of piperazine rings is 1. The lowest BCUT2D eigenvalue weighted by atomic mass is 10.2. The van der Waals surface area contributed by atoms with E-state index in [1.807, 2.05) is 19.9 Å². The number of nitrogens with one attached hydrogen (secondary N) is 1. The number of amides is 1. The number of carbonyl (C=O) groups excluding carboxylic acids is 1. The topological polar surface area (TPSA) is 61.6 Å². The highest BCUT2D eigenvalue weighted by Gasteiger charge is 2.25. The molecule has 1 unspecified atom stereocenters. The van der Waals surface area contributed by atoms with Gasteiger partial charge in [0.1, 0.15) is 5.82 Å². The van der Waals surface area contributed by atoms with Crippen LogP contribution in [0.4, 0.5) is 4.39 Å². The maximum Gasteiger partial charge on any atom is 0.237 e. The molecule has 2 aromatic rings. The van der Waals surface area contributed by atoms with Gasteiger partial charge in [-0.2, -0.15) is 0 Å². The number of benzene rings is 1. The second-order valence-electron chi connectivity index (χ2n) is 6.77. The molecule has 0 bridgehead atoms. The van der Waals surface area contributed by atoms with E-state index in [9.17, 15) is 9.18 Å². The summed E-state index contributed by atoms with van der Waals surface area (Å²) in [4.78, 5) is 16.9. The Morgan fingerprint density at radius 3 is 2.58 bits per heavy atom. The normalized spacial score (nSPS) is 17.2. The van der Waals surface area contributed by atoms with Crippen molar-refractivity contribution >= 4 is 5.91 Å². The standard InChI is InChI=1S/C19H25FN4O2/c1-14-11-18(26-22-14)13-23-7-9-24(10-8-23)15(2)19(25)21-12-16-3-5-17(20)6-4-16/h3-6,11,15H,7-10,12-13H2,1-2H3,(H,21,25). The summed E-state index contributed by atoms with van der Waals surface area (Å²) in [7, 11) is 0. The number of hydrogen-bond donors (Lipinski definition) is 1. The quantitative estimate of drug-likeness (QED) is 0.853. The third kappa shape index (κ3) is 4.89. The zero-order valence-electron chi connectivity index (χ0n) is 15.2. The van der Waals surface area contributed by atoms with Crippen LogP contribution >= 0.6 is 0 Å². The van der Waals surface area contributed by atoms with Gasteiger partial charge in [0.05, 0.1) is 18.3 Å². The lowest BCUT2D eigenvalue weighted by Gasteiger charge is -2.37. The van der Waals surface area contributed by atoms with E-state index in [-0.39, 0.29) is 17.8 Å². The highest BCUT2D eigenvalue weighted by molar-refractivity contribution is 5.81. The number of carbonyl (C=O) groups is 1. The van der Waals surface area contributed by atoms with Gasteiger partial charge in [0.2, 0.25) is 5.91 Å². The molecule has 0 aliphatic carbocycles. The maximum absolute atomic E-state index is 12.9. The molecule has 3 rings (SSSR count). The molecule has 1 amide bonds. The Bertz CT molecular complexity index is 723. The number of aryl methyl sites for hydroxylation is 1. The lowest BCUT2D eigenvalue weighted by molar-refractivity contribution is -0.126. The minimum Gasteiger partial charge on any atom is -0.360 e. The molecule has 0 radical (unpaired) electrons. The molecular weight excluding hydrogens is 335 g/mol. The van der Waals surface area contributed by atoms with Crippen LogP contribution in [0.5, 0.6) is 0 Å². The van der Waals surface area contributed by atoms with Crippen molar-refractivity contribution in [2.45, 2.75) is 33.0 Å². The molecule has 1 aliphatic heterocycles. The summed E-state index contributed by atoms with van der Waals surface area (Å²) in [5, 5.41) is 6.84. The van der Waals surface area contributed by atoms with Crippen LogP contribution in [-0.4, -0.2) is 53.1 Å². The van der Waals surface area contributed by atoms with Crippen molar-refractivity contribution in [3.8, 4) is 0 Å². The van der Waals surface area contributed by atoms with Crippen molar-refractivity contribution in [3.05, 3.63) is 53.2 Å². The van der Waals surface area contributed by atoms with Gasteiger partial charge in [0.15, 0.2) is 5.76 Å². The van der Waals surface area contributed by atoms with E-state index in [1.165, 1.54) is 12.1 Å². The Morgan fingerprint density at radius 1 is 1.27 bits per heavy atom. The zero-order valence-corrected chi connectivity index (χ0v) is 15.2. The number of hydrogen-bond acceptors (Lipinski definition) is 5. The van der Waals surface area contributed by atoms with Crippen LogP contribution in [0.15, 0.2) is 34.9 Å². The average molecular weight is 360 g/mol. The second kappa shape index (κ2) is 8.42. The molecule has 6 nitrogen and oxygen atoms in total. The summed E-state index contributed by atoms with van der Waals surface area (Å²) in [6.07, 6.45) is 0. The Kier molecular flexibility index (Phi) is 6.00. The fourth-order valence-electron chi connectivity index (χ4n) is 3.12. The molecule has 1 N–H and O–H groups in total. The van der Waals surface area contributed by atoms with Gasteiger partial charge < -0.3 is 9.84 Å². The van der Waals surface area contributed by atoms with E-state index >= 15 is 0 Å². The van der Waals surface area contributed by atoms with Crippen molar-refractivity contribution < 1.29 is 13.7 Å². The maximum atomic E-state index is 12.9. The van der Waals surface area contributed by atoms with Crippen molar-refractivity contribution in [3.63, 3.8) is 0 Å². The molecule has 1 aliphatic rings. The van der Waals surface area contributed by atoms with E-state index in [1.54, 1.807) is 12.1 Å². The van der Waals surface area contributed by atoms with E-state index in [0.717, 1.165) is 49.7 Å². The monoisotopic (exact) mass is 360 g/mol. The SMILES string of the molecule is Cc1cc(CN2CCN(C(C)C(=O)NCc3ccc(F)cc3)CC2)on1. The fraction of sp³-hybridized carbons (Fsp3) is 0.474. The summed E-state index contributed by atoms with van der Waals surface area (Å²) in [6.45, 7) is 8.43. The molecule has 0 spiro atoms. The van der Waals surface area contributed by atoms with Gasteiger partial charge >= 0.3 is 0 Å². The first-order valence-corrected chi connectivity index (χ1v) is 8.92. The molecule has 0 saturated carbocycles. The molecule has 2 heterocycles. The van der Waals surface area contributed by atoms with E-state index in [4.69, 9.17) is 4.52 Å². The Hall–Kier alpha value is -2.25. The van der Waals surface area contributed by atoms with Crippen LogP contribution in [0.1, 0.15) is 23.9 Å². The number of rotatable bonds is 6. The van der Waals surface area contributed by atoms with Crippen molar-refractivity contribution in [1.82, 2.24) is 20.3 Å². The zero-order chi connectivity index (χ0) is 18.5. The smallest absolute Gasteiger partial charge is 0.237 e. The van der Waals surface area contributed by atoms with E-state index in [0.29, 0.717) is 6.54 Å². The predicted octanol–water partition coefficient (Wildman–Crippen LogP) is 1.94. The summed E-state index contributed by atoms with van der Waals surface area (Å²) in [5.74, 6) is 0.599. The molecule has 7 heteroatoms. The summed E-state index contributed by atoms with van der Waals surface area (Å²) in [6, 6.07) is 7.94. The van der Waals surface area contributed by atoms with Crippen LogP contribution in [0.3, 0.4) is 0 Å². The van der Waals surface area contributed by atoms with Gasteiger partial charge in [-0.05, 0) is 31.5 Å². The number of nitrogens with zero attached hydrogens (tertiary/aromatic N) is 3. The summed E-state index contributed by atoms with van der Waals surface area (Å²) >= 11 is 0. The van der Waals surface area contributed by atoms with Crippen LogP contribution in [0, 0.1) is 12.7 Å². The summed E-state index contributed by atoms with van der Waals surface area (Å²) < 4.78 is 18.2. The van der Waals surface area contributed by atoms with Crippen LogP contribution < -0.4 is 5.32 Å². The molecule has 1 atom stereocenters. The molecule has 1 aromatic heterocycles. The van der Waals surface area contributed by atoms with Gasteiger partial charge in [-0.25, -0.2) is 4.39 Å². The number of aromatic nitrogens is 1. The lowest BCUT2D eigenvalue weighted by Crippen LogP contribution is -2.53. The molecular formula is C19H25FN4O2. The van der Waals surface area contributed by atoms with Crippen LogP contribution in [-0.2, 0) is 17.9 Å². The van der Waals surface area contributed by atoms with E-state index < -0.39 is 0 Å². The first-order chi connectivity index (χ1) is 12.5. The third-order valence-electron chi connectivity index (χ3n) is 4.77. The third-order valence-corrected chi connectivity index (χ3v) is 4.77. The molecule has 1 fully saturated rings. The Balaban J connectivity index is 1.42. The van der Waals surface area contributed by atoms with Crippen LogP contribution in [0.25, 0.3) is 0 Å². The van der Waals surface area contributed by atoms with Gasteiger partial charge in [0, 0.05) is 38.8 Å². The van der Waals surface area contributed by atoms with Gasteiger partial charge in [-0.1, -0.05) is 17.3 Å². The van der Waals surface area contributed by atoms with Crippen molar-refractivity contribution in [2.75, 3.05) is 26.2 Å². The molecule has 26 heavy (non-hydrogen) atoms. The minimum absolute atomic E-state index is 0.00589. The highest BCUT2D eigenvalue weighted by Crippen LogP contribution is 2.12. The molecule has 1 aromatic carbocycles. The van der Waals surface area contributed by atoms with Gasteiger partial charge in [-0.15, -0.1) is 0 Å². The van der Waals surface area contributed by atoms with Gasteiger partial charge in [0.25, 0.3) is 0 Å². The van der Waals surface area contributed by atoms with E-state index in [2.05, 4.69) is 20.3 Å². The average Bonchev–Trinajstić information content (AvgIpc) is 3.06. The fourth-order valence-corrected chi connectivity index (χ4v) is 3.12.